The van der Waals surface area contributed by atoms with Crippen molar-refractivity contribution in [1.82, 2.24) is 0 Å². The molecule has 0 spiro atoms. The molecule has 0 amide bonds. The van der Waals surface area contributed by atoms with E-state index in [2.05, 4.69) is 0 Å². The molecule has 2 N–H and O–H groups in total. The summed E-state index contributed by atoms with van der Waals surface area (Å²) in [6.45, 7) is 0.360. The SMILES string of the molecule is Nc1ccc(-c2ccc(OCc3ccccc3)cc2[N+](=O)[O-])cc1. The minimum Gasteiger partial charge on any atom is -0.489 e. The third kappa shape index (κ3) is 3.52. The first-order valence-electron chi connectivity index (χ1n) is 7.44. The molecule has 0 heterocycles. The van der Waals surface area contributed by atoms with Crippen molar-refractivity contribution in [2.75, 3.05) is 5.73 Å². The van der Waals surface area contributed by atoms with Gasteiger partial charge in [-0.3, -0.25) is 10.1 Å². The van der Waals surface area contributed by atoms with Gasteiger partial charge in [-0.05, 0) is 35.4 Å². The Morgan fingerprint density at radius 1 is 0.958 bits per heavy atom. The minimum atomic E-state index is -0.402. The first-order chi connectivity index (χ1) is 11.6. The van der Waals surface area contributed by atoms with Gasteiger partial charge in [-0.1, -0.05) is 42.5 Å². The highest BCUT2D eigenvalue weighted by Crippen LogP contribution is 2.33. The standard InChI is InChI=1S/C19H16N2O3/c20-16-8-6-15(7-9-16)18-11-10-17(12-19(18)21(22)23)24-13-14-4-2-1-3-5-14/h1-12H,13,20H2. The predicted octanol–water partition coefficient (Wildman–Crippen LogP) is 4.42. The fourth-order valence-electron chi connectivity index (χ4n) is 2.40. The quantitative estimate of drug-likeness (QED) is 0.429. The van der Waals surface area contributed by atoms with Crippen molar-refractivity contribution in [3.63, 3.8) is 0 Å². The third-order valence-corrected chi connectivity index (χ3v) is 3.64. The summed E-state index contributed by atoms with van der Waals surface area (Å²) in [5, 5.41) is 11.4. The number of rotatable bonds is 5. The van der Waals surface area contributed by atoms with Crippen LogP contribution in [0.15, 0.2) is 72.8 Å². The van der Waals surface area contributed by atoms with Gasteiger partial charge in [0.1, 0.15) is 12.4 Å². The molecule has 0 unspecified atom stereocenters. The molecule has 0 saturated heterocycles. The van der Waals surface area contributed by atoms with Gasteiger partial charge >= 0.3 is 0 Å². The highest BCUT2D eigenvalue weighted by Gasteiger charge is 2.16. The minimum absolute atomic E-state index is 0.00494. The van der Waals surface area contributed by atoms with E-state index in [-0.39, 0.29) is 5.69 Å². The summed E-state index contributed by atoms with van der Waals surface area (Å²) in [6, 6.07) is 21.5. The van der Waals surface area contributed by atoms with Crippen LogP contribution in [0.3, 0.4) is 0 Å². The molecule has 0 aliphatic heterocycles. The highest BCUT2D eigenvalue weighted by atomic mass is 16.6. The summed E-state index contributed by atoms with van der Waals surface area (Å²) in [7, 11) is 0. The lowest BCUT2D eigenvalue weighted by atomic mass is 10.0. The molecule has 0 aliphatic carbocycles. The first-order valence-corrected chi connectivity index (χ1v) is 7.44. The van der Waals surface area contributed by atoms with Gasteiger partial charge in [-0.2, -0.15) is 0 Å². The summed E-state index contributed by atoms with van der Waals surface area (Å²) < 4.78 is 5.67. The zero-order valence-corrected chi connectivity index (χ0v) is 12.9. The molecule has 0 saturated carbocycles. The molecule has 5 nitrogen and oxygen atoms in total. The lowest BCUT2D eigenvalue weighted by molar-refractivity contribution is -0.384. The molecule has 120 valence electrons. The average molecular weight is 320 g/mol. The second-order valence-corrected chi connectivity index (χ2v) is 5.33. The Kier molecular flexibility index (Phi) is 4.43. The van der Waals surface area contributed by atoms with Crippen LogP contribution in [0.5, 0.6) is 5.75 Å². The lowest BCUT2D eigenvalue weighted by Gasteiger charge is -2.09. The predicted molar refractivity (Wildman–Crippen MR) is 93.7 cm³/mol. The molecule has 3 aromatic carbocycles. The second-order valence-electron chi connectivity index (χ2n) is 5.33. The van der Waals surface area contributed by atoms with Crippen LogP contribution in [0, 0.1) is 10.1 Å². The number of benzene rings is 3. The van der Waals surface area contributed by atoms with Gasteiger partial charge in [0.25, 0.3) is 5.69 Å². The van der Waals surface area contributed by atoms with Crippen LogP contribution >= 0.6 is 0 Å². The topological polar surface area (TPSA) is 78.4 Å². The van der Waals surface area contributed by atoms with Crippen LogP contribution in [0.2, 0.25) is 0 Å². The van der Waals surface area contributed by atoms with Crippen molar-refractivity contribution in [2.24, 2.45) is 0 Å². The summed E-state index contributed by atoms with van der Waals surface area (Å²) >= 11 is 0. The van der Waals surface area contributed by atoms with Crippen LogP contribution in [0.1, 0.15) is 5.56 Å². The Morgan fingerprint density at radius 3 is 2.33 bits per heavy atom. The number of nitrogens with two attached hydrogens (primary N) is 1. The molecule has 0 atom stereocenters. The van der Waals surface area contributed by atoms with E-state index in [9.17, 15) is 10.1 Å². The molecular weight excluding hydrogens is 304 g/mol. The fourth-order valence-corrected chi connectivity index (χ4v) is 2.40. The maximum Gasteiger partial charge on any atom is 0.280 e. The fraction of sp³-hybridized carbons (Fsp3) is 0.0526. The van der Waals surface area contributed by atoms with Crippen LogP contribution < -0.4 is 10.5 Å². The number of hydrogen-bond acceptors (Lipinski definition) is 4. The van der Waals surface area contributed by atoms with Crippen molar-refractivity contribution in [2.45, 2.75) is 6.61 Å². The van der Waals surface area contributed by atoms with E-state index in [0.717, 1.165) is 11.1 Å². The molecule has 3 rings (SSSR count). The van der Waals surface area contributed by atoms with E-state index < -0.39 is 4.92 Å². The van der Waals surface area contributed by atoms with Crippen LogP contribution in [0.25, 0.3) is 11.1 Å². The van der Waals surface area contributed by atoms with E-state index in [1.165, 1.54) is 6.07 Å². The van der Waals surface area contributed by atoms with Crippen molar-refractivity contribution < 1.29 is 9.66 Å². The number of nitro benzene ring substituents is 1. The maximum absolute atomic E-state index is 11.4. The van der Waals surface area contributed by atoms with Gasteiger partial charge in [0.15, 0.2) is 0 Å². The highest BCUT2D eigenvalue weighted by molar-refractivity contribution is 5.75. The number of hydrogen-bond donors (Lipinski definition) is 1. The van der Waals surface area contributed by atoms with Gasteiger partial charge < -0.3 is 10.5 Å². The number of nitrogen functional groups attached to an aromatic ring is 1. The molecule has 0 fully saturated rings. The molecule has 3 aromatic rings. The smallest absolute Gasteiger partial charge is 0.280 e. The molecular formula is C19H16N2O3. The summed E-state index contributed by atoms with van der Waals surface area (Å²) in [4.78, 5) is 11.0. The van der Waals surface area contributed by atoms with E-state index in [1.807, 2.05) is 30.3 Å². The normalized spacial score (nSPS) is 10.3. The Hall–Kier alpha value is -3.34. The van der Waals surface area contributed by atoms with Gasteiger partial charge in [0.2, 0.25) is 0 Å². The molecule has 5 heteroatoms. The number of nitrogens with zero attached hydrogens (tertiary/aromatic N) is 1. The lowest BCUT2D eigenvalue weighted by Crippen LogP contribution is -1.97. The Bertz CT molecular complexity index is 846. The Labute approximate surface area is 139 Å². The Morgan fingerprint density at radius 2 is 1.67 bits per heavy atom. The largest absolute Gasteiger partial charge is 0.489 e. The average Bonchev–Trinajstić information content (AvgIpc) is 2.61. The number of nitro groups is 1. The molecule has 0 aromatic heterocycles. The van der Waals surface area contributed by atoms with Gasteiger partial charge in [-0.25, -0.2) is 0 Å². The Balaban J connectivity index is 1.87. The molecule has 0 aliphatic rings. The monoisotopic (exact) mass is 320 g/mol. The van der Waals surface area contributed by atoms with Gasteiger partial charge in [0.05, 0.1) is 16.6 Å². The molecule has 0 radical (unpaired) electrons. The van der Waals surface area contributed by atoms with Crippen molar-refractivity contribution in [3.8, 4) is 16.9 Å². The van der Waals surface area contributed by atoms with Crippen molar-refractivity contribution in [3.05, 3.63) is 88.5 Å². The zero-order chi connectivity index (χ0) is 16.9. The van der Waals surface area contributed by atoms with Crippen molar-refractivity contribution >= 4 is 11.4 Å². The number of ether oxygens (including phenoxy) is 1. The molecule has 0 bridgehead atoms. The van der Waals surface area contributed by atoms with Gasteiger partial charge in [-0.15, -0.1) is 0 Å². The first kappa shape index (κ1) is 15.6. The summed E-state index contributed by atoms with van der Waals surface area (Å²) in [6.07, 6.45) is 0. The van der Waals surface area contributed by atoms with E-state index in [0.29, 0.717) is 23.6 Å². The van der Waals surface area contributed by atoms with Crippen molar-refractivity contribution in [1.29, 1.82) is 0 Å². The second kappa shape index (κ2) is 6.83. The summed E-state index contributed by atoms with van der Waals surface area (Å²) in [5.74, 6) is 0.463. The van der Waals surface area contributed by atoms with Crippen LogP contribution in [-0.4, -0.2) is 4.92 Å². The maximum atomic E-state index is 11.4. The number of anilines is 1. The van der Waals surface area contributed by atoms with Crippen LogP contribution in [0.4, 0.5) is 11.4 Å². The van der Waals surface area contributed by atoms with Crippen LogP contribution in [-0.2, 0) is 6.61 Å². The summed E-state index contributed by atoms with van der Waals surface area (Å²) in [5.41, 5.74) is 8.57. The molecule has 24 heavy (non-hydrogen) atoms. The third-order valence-electron chi connectivity index (χ3n) is 3.64. The van der Waals surface area contributed by atoms with E-state index in [4.69, 9.17) is 10.5 Å². The van der Waals surface area contributed by atoms with Gasteiger partial charge in [0, 0.05) is 5.69 Å². The zero-order valence-electron chi connectivity index (χ0n) is 12.9. The van der Waals surface area contributed by atoms with E-state index >= 15 is 0 Å². The van der Waals surface area contributed by atoms with E-state index in [1.54, 1.807) is 36.4 Å².